The van der Waals surface area contributed by atoms with Gasteiger partial charge in [0.05, 0.1) is 5.02 Å². The number of nitrogens with two attached hydrogens (primary N) is 1. The maximum Gasteiger partial charge on any atom is 0.121 e. The molecule has 6 heteroatoms. The lowest BCUT2D eigenvalue weighted by Crippen LogP contribution is -1.98. The Morgan fingerprint density at radius 2 is 2.12 bits per heavy atom. The summed E-state index contributed by atoms with van der Waals surface area (Å²) in [5.74, 6) is 0. The van der Waals surface area contributed by atoms with Crippen LogP contribution in [0.3, 0.4) is 0 Å². The first kappa shape index (κ1) is 12.8. The fourth-order valence-corrected chi connectivity index (χ4v) is 2.53. The van der Waals surface area contributed by atoms with Gasteiger partial charge in [-0.15, -0.1) is 0 Å². The summed E-state index contributed by atoms with van der Waals surface area (Å²) in [6.45, 7) is 0.405. The van der Waals surface area contributed by atoms with Crippen LogP contribution < -0.4 is 5.73 Å². The van der Waals surface area contributed by atoms with Gasteiger partial charge in [-0.3, -0.25) is 0 Å². The van der Waals surface area contributed by atoms with Crippen molar-refractivity contribution in [1.82, 2.24) is 9.97 Å². The zero-order chi connectivity index (χ0) is 12.3. The van der Waals surface area contributed by atoms with Crippen molar-refractivity contribution in [3.8, 4) is 0 Å². The summed E-state index contributed by atoms with van der Waals surface area (Å²) >= 11 is 10.9. The van der Waals surface area contributed by atoms with Crippen molar-refractivity contribution in [2.24, 2.45) is 5.73 Å². The van der Waals surface area contributed by atoms with Crippen LogP contribution in [-0.2, 0) is 6.54 Å². The van der Waals surface area contributed by atoms with Gasteiger partial charge in [0.1, 0.15) is 10.1 Å². The van der Waals surface area contributed by atoms with E-state index < -0.39 is 0 Å². The lowest BCUT2D eigenvalue weighted by Gasteiger charge is -2.06. The Balaban J connectivity index is 2.27. The zero-order valence-electron chi connectivity index (χ0n) is 8.73. The molecule has 17 heavy (non-hydrogen) atoms. The Hall–Kier alpha value is -0.620. The monoisotopic (exact) mass is 329 g/mol. The zero-order valence-corrected chi connectivity index (χ0v) is 11.9. The highest BCUT2D eigenvalue weighted by Crippen LogP contribution is 2.32. The Bertz CT molecular complexity index is 519. The van der Waals surface area contributed by atoms with Crippen molar-refractivity contribution in [2.75, 3.05) is 0 Å². The number of hydrogen-bond donors (Lipinski definition) is 1. The van der Waals surface area contributed by atoms with Crippen molar-refractivity contribution >= 4 is 39.3 Å². The molecule has 2 aromatic rings. The number of aromatic nitrogens is 2. The lowest BCUT2D eigenvalue weighted by atomic mass is 10.3. The van der Waals surface area contributed by atoms with Crippen LogP contribution in [0.2, 0.25) is 5.02 Å². The summed E-state index contributed by atoms with van der Waals surface area (Å²) in [7, 11) is 0. The van der Waals surface area contributed by atoms with E-state index >= 15 is 0 Å². The van der Waals surface area contributed by atoms with Gasteiger partial charge in [-0.25, -0.2) is 9.97 Å². The molecule has 0 spiro atoms. The van der Waals surface area contributed by atoms with E-state index in [1.54, 1.807) is 12.4 Å². The third-order valence-corrected chi connectivity index (χ3v) is 4.02. The molecule has 0 saturated carbocycles. The number of halogens is 2. The van der Waals surface area contributed by atoms with Crippen LogP contribution in [0.5, 0.6) is 0 Å². The summed E-state index contributed by atoms with van der Waals surface area (Å²) in [6, 6.07) is 5.65. The van der Waals surface area contributed by atoms with Crippen LogP contribution in [0.15, 0.2) is 45.1 Å². The van der Waals surface area contributed by atoms with Crippen LogP contribution in [0.4, 0.5) is 0 Å². The number of pyridine rings is 2. The predicted molar refractivity (Wildman–Crippen MR) is 73.2 cm³/mol. The molecule has 0 aliphatic carbocycles. The summed E-state index contributed by atoms with van der Waals surface area (Å²) in [5.41, 5.74) is 6.48. The van der Waals surface area contributed by atoms with Gasteiger partial charge >= 0.3 is 0 Å². The minimum atomic E-state index is 0.405. The van der Waals surface area contributed by atoms with E-state index in [1.165, 1.54) is 11.8 Å². The summed E-state index contributed by atoms with van der Waals surface area (Å²) < 4.78 is 0.941. The van der Waals surface area contributed by atoms with Crippen molar-refractivity contribution in [3.05, 3.63) is 45.7 Å². The first-order valence-corrected chi connectivity index (χ1v) is 6.82. The van der Waals surface area contributed by atoms with Crippen LogP contribution in [0.25, 0.3) is 0 Å². The van der Waals surface area contributed by atoms with Gasteiger partial charge in [0.25, 0.3) is 0 Å². The van der Waals surface area contributed by atoms with Crippen molar-refractivity contribution < 1.29 is 0 Å². The highest BCUT2D eigenvalue weighted by atomic mass is 79.9. The lowest BCUT2D eigenvalue weighted by molar-refractivity contribution is 1.01. The molecule has 2 rings (SSSR count). The van der Waals surface area contributed by atoms with Crippen molar-refractivity contribution in [3.63, 3.8) is 0 Å². The second-order valence-corrected chi connectivity index (χ2v) is 5.51. The van der Waals surface area contributed by atoms with Crippen LogP contribution in [0.1, 0.15) is 5.56 Å². The molecule has 0 atom stereocenters. The average molecular weight is 331 g/mol. The summed E-state index contributed by atoms with van der Waals surface area (Å²) in [5, 5.41) is 2.17. The Morgan fingerprint density at radius 1 is 1.29 bits per heavy atom. The van der Waals surface area contributed by atoms with Crippen LogP contribution >= 0.6 is 39.3 Å². The first-order chi connectivity index (χ1) is 8.20. The van der Waals surface area contributed by atoms with Gasteiger partial charge in [-0.2, -0.15) is 0 Å². The molecule has 0 aromatic carbocycles. The van der Waals surface area contributed by atoms with Gasteiger partial charge in [-0.1, -0.05) is 11.6 Å². The van der Waals surface area contributed by atoms with E-state index in [0.29, 0.717) is 11.6 Å². The number of nitrogens with zero attached hydrogens (tertiary/aromatic N) is 2. The molecule has 0 aliphatic rings. The average Bonchev–Trinajstić information content (AvgIpc) is 2.35. The Labute approximate surface area is 117 Å². The molecule has 2 aromatic heterocycles. The molecule has 0 saturated heterocycles. The molecule has 0 unspecified atom stereocenters. The minimum absolute atomic E-state index is 0.405. The minimum Gasteiger partial charge on any atom is -0.326 e. The van der Waals surface area contributed by atoms with Gasteiger partial charge in [0.2, 0.25) is 0 Å². The molecule has 0 amide bonds. The largest absolute Gasteiger partial charge is 0.326 e. The number of hydrogen-bond acceptors (Lipinski definition) is 4. The molecule has 2 heterocycles. The van der Waals surface area contributed by atoms with E-state index in [2.05, 4.69) is 25.9 Å². The summed E-state index contributed by atoms with van der Waals surface area (Å²) in [4.78, 5) is 8.48. The molecule has 0 radical (unpaired) electrons. The molecule has 0 bridgehead atoms. The van der Waals surface area contributed by atoms with Crippen LogP contribution in [-0.4, -0.2) is 9.97 Å². The van der Waals surface area contributed by atoms with Gasteiger partial charge < -0.3 is 5.73 Å². The molecule has 2 N–H and O–H groups in total. The Morgan fingerprint density at radius 3 is 2.76 bits per heavy atom. The second kappa shape index (κ2) is 5.82. The van der Waals surface area contributed by atoms with Crippen LogP contribution in [0, 0.1) is 0 Å². The van der Waals surface area contributed by atoms with E-state index in [4.69, 9.17) is 17.3 Å². The molecule has 0 aliphatic heterocycles. The van der Waals surface area contributed by atoms with Gasteiger partial charge in [0.15, 0.2) is 0 Å². The molecule has 3 nitrogen and oxygen atoms in total. The standard InChI is InChI=1S/C11H9BrClN3S/c12-8-1-2-9(16-6-8)17-11-10(13)7(5-14)3-4-15-11/h1-4,6H,5,14H2. The topological polar surface area (TPSA) is 51.8 Å². The van der Waals surface area contributed by atoms with Gasteiger partial charge in [-0.05, 0) is 51.5 Å². The second-order valence-electron chi connectivity index (χ2n) is 3.21. The van der Waals surface area contributed by atoms with E-state index in [9.17, 15) is 0 Å². The first-order valence-electron chi connectivity index (χ1n) is 4.83. The maximum absolute atomic E-state index is 6.19. The fourth-order valence-electron chi connectivity index (χ4n) is 1.21. The molecule has 88 valence electrons. The highest BCUT2D eigenvalue weighted by Gasteiger charge is 2.08. The molecular formula is C11H9BrClN3S. The quantitative estimate of drug-likeness (QED) is 0.936. The molecular weight excluding hydrogens is 322 g/mol. The number of rotatable bonds is 3. The third-order valence-electron chi connectivity index (χ3n) is 2.06. The fraction of sp³-hybridized carbons (Fsp3) is 0.0909. The van der Waals surface area contributed by atoms with Gasteiger partial charge in [0, 0.05) is 23.4 Å². The van der Waals surface area contributed by atoms with E-state index in [0.717, 1.165) is 20.1 Å². The van der Waals surface area contributed by atoms with E-state index in [1.807, 2.05) is 18.2 Å². The van der Waals surface area contributed by atoms with Crippen molar-refractivity contribution in [2.45, 2.75) is 16.6 Å². The highest BCUT2D eigenvalue weighted by molar-refractivity contribution is 9.10. The molecule has 0 fully saturated rings. The van der Waals surface area contributed by atoms with Crippen molar-refractivity contribution in [1.29, 1.82) is 0 Å². The summed E-state index contributed by atoms with van der Waals surface area (Å²) in [6.07, 6.45) is 3.44. The normalized spacial score (nSPS) is 10.5. The SMILES string of the molecule is NCc1ccnc(Sc2ccc(Br)cn2)c1Cl. The predicted octanol–water partition coefficient (Wildman–Crippen LogP) is 3.50. The Kier molecular flexibility index (Phi) is 4.39. The third kappa shape index (κ3) is 3.19. The van der Waals surface area contributed by atoms with E-state index in [-0.39, 0.29) is 0 Å². The maximum atomic E-state index is 6.19. The smallest absolute Gasteiger partial charge is 0.121 e.